The topological polar surface area (TPSA) is 106 Å². The summed E-state index contributed by atoms with van der Waals surface area (Å²) in [4.78, 5) is 44.4. The third-order valence-electron chi connectivity index (χ3n) is 5.45. The first-order valence-electron chi connectivity index (χ1n) is 10.6. The second-order valence-corrected chi connectivity index (χ2v) is 8.56. The summed E-state index contributed by atoms with van der Waals surface area (Å²) >= 11 is 0.899. The highest BCUT2D eigenvalue weighted by atomic mass is 32.1. The Kier molecular flexibility index (Phi) is 6.65. The van der Waals surface area contributed by atoms with Crippen LogP contribution in [0.1, 0.15) is 39.5 Å². The molecule has 1 aromatic heterocycles. The number of nitrogens with zero attached hydrogens (tertiary/aromatic N) is 2. The van der Waals surface area contributed by atoms with Crippen LogP contribution >= 0.6 is 11.3 Å². The fraction of sp³-hybridized carbons (Fsp3) is 0.200. The summed E-state index contributed by atoms with van der Waals surface area (Å²) in [6.07, 6.45) is 0. The van der Waals surface area contributed by atoms with E-state index in [0.29, 0.717) is 22.6 Å². The van der Waals surface area contributed by atoms with Crippen molar-refractivity contribution in [2.45, 2.75) is 19.9 Å². The minimum atomic E-state index is -1.10. The molecule has 1 amide bonds. The van der Waals surface area contributed by atoms with Gasteiger partial charge in [0, 0.05) is 5.56 Å². The van der Waals surface area contributed by atoms with Crippen LogP contribution in [0.15, 0.2) is 54.1 Å². The van der Waals surface area contributed by atoms with E-state index in [4.69, 9.17) is 9.47 Å². The molecule has 2 heterocycles. The Morgan fingerprint density at radius 3 is 2.40 bits per heavy atom. The first-order valence-corrected chi connectivity index (χ1v) is 11.4. The van der Waals surface area contributed by atoms with Gasteiger partial charge in [0.05, 0.1) is 31.0 Å². The number of hydrogen-bond donors (Lipinski definition) is 1. The molecule has 0 radical (unpaired) electrons. The van der Waals surface area contributed by atoms with Crippen molar-refractivity contribution in [3.63, 3.8) is 0 Å². The summed E-state index contributed by atoms with van der Waals surface area (Å²) in [5.74, 6) is -2.82. The van der Waals surface area contributed by atoms with Gasteiger partial charge in [-0.05, 0) is 55.8 Å². The summed E-state index contributed by atoms with van der Waals surface area (Å²) in [6.45, 7) is 3.42. The average Bonchev–Trinajstić information content (AvgIpc) is 3.36. The molecule has 1 N–H and O–H groups in total. The van der Waals surface area contributed by atoms with Crippen molar-refractivity contribution in [3.8, 4) is 5.75 Å². The van der Waals surface area contributed by atoms with Crippen LogP contribution in [-0.4, -0.2) is 41.5 Å². The normalized spacial score (nSPS) is 17.0. The Balaban J connectivity index is 1.89. The van der Waals surface area contributed by atoms with Crippen molar-refractivity contribution in [3.05, 3.63) is 81.6 Å². The zero-order valence-corrected chi connectivity index (χ0v) is 19.9. The van der Waals surface area contributed by atoms with Gasteiger partial charge < -0.3 is 14.6 Å². The lowest BCUT2D eigenvalue weighted by Gasteiger charge is -2.23. The minimum Gasteiger partial charge on any atom is -0.507 e. The molecule has 1 aliphatic rings. The fourth-order valence-electron chi connectivity index (χ4n) is 3.77. The number of carbonyl (C=O) groups excluding carboxylic acids is 3. The van der Waals surface area contributed by atoms with Crippen LogP contribution in [-0.2, 0) is 14.3 Å². The third-order valence-corrected chi connectivity index (χ3v) is 6.58. The molecule has 8 nitrogen and oxygen atoms in total. The van der Waals surface area contributed by atoms with Crippen LogP contribution in [0.2, 0.25) is 0 Å². The molecule has 1 fully saturated rings. The molecular formula is C25H21FN2O6S. The molecule has 4 rings (SSSR count). The van der Waals surface area contributed by atoms with E-state index in [0.717, 1.165) is 16.2 Å². The van der Waals surface area contributed by atoms with Gasteiger partial charge in [-0.3, -0.25) is 14.5 Å². The van der Waals surface area contributed by atoms with Gasteiger partial charge in [-0.1, -0.05) is 23.5 Å². The van der Waals surface area contributed by atoms with E-state index in [2.05, 4.69) is 4.98 Å². The van der Waals surface area contributed by atoms with Crippen molar-refractivity contribution in [1.29, 1.82) is 0 Å². The van der Waals surface area contributed by atoms with E-state index in [1.54, 1.807) is 38.1 Å². The number of hydrogen-bond acceptors (Lipinski definition) is 8. The molecule has 3 aromatic rings. The number of ketones is 1. The lowest BCUT2D eigenvalue weighted by molar-refractivity contribution is -0.132. The SMILES string of the molecule is CCOC(=O)c1sc(N2C(=O)C(=O)C(=C(O)c3ccc(OC)cc3)C2c2ccc(F)cc2)nc1C. The van der Waals surface area contributed by atoms with Crippen LogP contribution in [0.5, 0.6) is 5.75 Å². The van der Waals surface area contributed by atoms with E-state index in [1.165, 1.54) is 31.4 Å². The second-order valence-electron chi connectivity index (χ2n) is 7.58. The number of aliphatic hydroxyl groups excluding tert-OH is 1. The van der Waals surface area contributed by atoms with Crippen molar-refractivity contribution < 1.29 is 33.4 Å². The van der Waals surface area contributed by atoms with E-state index >= 15 is 0 Å². The number of aliphatic hydroxyl groups is 1. The molecular weight excluding hydrogens is 475 g/mol. The Morgan fingerprint density at radius 2 is 1.80 bits per heavy atom. The molecule has 35 heavy (non-hydrogen) atoms. The van der Waals surface area contributed by atoms with Gasteiger partial charge in [0.2, 0.25) is 0 Å². The first-order chi connectivity index (χ1) is 16.8. The van der Waals surface area contributed by atoms with Gasteiger partial charge in [-0.25, -0.2) is 14.2 Å². The van der Waals surface area contributed by atoms with Gasteiger partial charge in [0.25, 0.3) is 5.78 Å². The molecule has 1 saturated heterocycles. The number of rotatable bonds is 6. The van der Waals surface area contributed by atoms with Crippen LogP contribution < -0.4 is 9.64 Å². The lowest BCUT2D eigenvalue weighted by atomic mass is 9.95. The van der Waals surface area contributed by atoms with Gasteiger partial charge >= 0.3 is 11.9 Å². The molecule has 0 bridgehead atoms. The quantitative estimate of drug-likeness (QED) is 0.233. The van der Waals surface area contributed by atoms with Crippen molar-refractivity contribution in [2.24, 2.45) is 0 Å². The van der Waals surface area contributed by atoms with Crippen molar-refractivity contribution in [2.75, 3.05) is 18.6 Å². The predicted molar refractivity (Wildman–Crippen MR) is 127 cm³/mol. The number of halogens is 1. The smallest absolute Gasteiger partial charge is 0.350 e. The Labute approximate surface area is 204 Å². The molecule has 0 aliphatic carbocycles. The fourth-order valence-corrected chi connectivity index (χ4v) is 4.75. The van der Waals surface area contributed by atoms with Gasteiger partial charge in [0.15, 0.2) is 5.13 Å². The summed E-state index contributed by atoms with van der Waals surface area (Å²) in [6, 6.07) is 10.4. The molecule has 180 valence electrons. The average molecular weight is 497 g/mol. The number of methoxy groups -OCH3 is 1. The maximum atomic E-state index is 13.7. The van der Waals surface area contributed by atoms with Crippen LogP contribution in [0.25, 0.3) is 5.76 Å². The molecule has 0 spiro atoms. The molecule has 10 heteroatoms. The second kappa shape index (κ2) is 9.67. The first kappa shape index (κ1) is 24.1. The number of esters is 1. The zero-order valence-electron chi connectivity index (χ0n) is 19.1. The summed E-state index contributed by atoms with van der Waals surface area (Å²) < 4.78 is 23.9. The summed E-state index contributed by atoms with van der Waals surface area (Å²) in [7, 11) is 1.50. The lowest BCUT2D eigenvalue weighted by Crippen LogP contribution is -2.29. The maximum Gasteiger partial charge on any atom is 0.350 e. The van der Waals surface area contributed by atoms with E-state index in [-0.39, 0.29) is 22.2 Å². The summed E-state index contributed by atoms with van der Waals surface area (Å²) in [5.41, 5.74) is 0.820. The highest BCUT2D eigenvalue weighted by molar-refractivity contribution is 7.17. The zero-order chi connectivity index (χ0) is 25.3. The third kappa shape index (κ3) is 4.40. The van der Waals surface area contributed by atoms with Crippen molar-refractivity contribution in [1.82, 2.24) is 4.98 Å². The van der Waals surface area contributed by atoms with Gasteiger partial charge in [-0.15, -0.1) is 0 Å². The largest absolute Gasteiger partial charge is 0.507 e. The Bertz CT molecular complexity index is 1330. The molecule has 1 aliphatic heterocycles. The molecule has 2 aromatic carbocycles. The number of thiazole rings is 1. The van der Waals surface area contributed by atoms with E-state index in [9.17, 15) is 23.9 Å². The standard InChI is InChI=1S/C25H21FN2O6S/c1-4-34-24(32)22-13(2)27-25(35-22)28-19(14-5-9-16(26)10-6-14)18(21(30)23(28)31)20(29)15-7-11-17(33-3)12-8-15/h5-12,19,29H,4H2,1-3H3. The Hall–Kier alpha value is -4.05. The maximum absolute atomic E-state index is 13.7. The predicted octanol–water partition coefficient (Wildman–Crippen LogP) is 4.40. The highest BCUT2D eigenvalue weighted by Gasteiger charge is 2.48. The van der Waals surface area contributed by atoms with Crippen LogP contribution in [0.3, 0.4) is 0 Å². The van der Waals surface area contributed by atoms with Gasteiger partial charge in [-0.2, -0.15) is 0 Å². The van der Waals surface area contributed by atoms with E-state index < -0.39 is 35.3 Å². The number of aromatic nitrogens is 1. The number of amides is 1. The number of carbonyl (C=O) groups is 3. The monoisotopic (exact) mass is 496 g/mol. The number of ether oxygens (including phenoxy) is 2. The van der Waals surface area contributed by atoms with Crippen LogP contribution in [0, 0.1) is 12.7 Å². The Morgan fingerprint density at radius 1 is 1.14 bits per heavy atom. The number of anilines is 1. The number of benzene rings is 2. The summed E-state index contributed by atoms with van der Waals surface area (Å²) in [5, 5.41) is 11.2. The number of Topliss-reactive ketones (excluding diaryl/α,β-unsaturated/α-hetero) is 1. The van der Waals surface area contributed by atoms with Gasteiger partial charge in [0.1, 0.15) is 22.2 Å². The molecule has 1 atom stereocenters. The highest BCUT2D eigenvalue weighted by Crippen LogP contribution is 2.44. The molecule has 1 unspecified atom stereocenters. The van der Waals surface area contributed by atoms with Crippen LogP contribution in [0.4, 0.5) is 9.52 Å². The van der Waals surface area contributed by atoms with E-state index in [1.807, 2.05) is 0 Å². The minimum absolute atomic E-state index is 0.0794. The molecule has 0 saturated carbocycles. The number of aryl methyl sites for hydroxylation is 1. The van der Waals surface area contributed by atoms with Crippen molar-refractivity contribution >= 4 is 39.9 Å².